The van der Waals surface area contributed by atoms with Gasteiger partial charge in [-0.05, 0) is 27.8 Å². The molecule has 6 heteroatoms. The Morgan fingerprint density at radius 1 is 1.44 bits per heavy atom. The molecule has 1 heterocycles. The Labute approximate surface area is 109 Å². The number of esters is 1. The second-order valence-corrected chi connectivity index (χ2v) is 5.05. The standard InChI is InChI=1S/C7H14N2O2.C5H10O2/c1-9-4-3-8-5-6(9)7(10)11-2;1-5(2,3)7-4-6/h6,8H,3-5H2,1-2H3;4H,1-3H3. The van der Waals surface area contributed by atoms with E-state index in [0.717, 1.165) is 13.1 Å². The first-order chi connectivity index (χ1) is 8.31. The summed E-state index contributed by atoms with van der Waals surface area (Å²) in [5, 5.41) is 3.14. The molecule has 0 radical (unpaired) electrons. The normalized spacial score (nSPS) is 20.4. The fraction of sp³-hybridized carbons (Fsp3) is 0.833. The summed E-state index contributed by atoms with van der Waals surface area (Å²) in [6.07, 6.45) is 0. The zero-order chi connectivity index (χ0) is 14.2. The third-order valence-corrected chi connectivity index (χ3v) is 2.39. The van der Waals surface area contributed by atoms with Crippen molar-refractivity contribution in [3.8, 4) is 0 Å². The van der Waals surface area contributed by atoms with Crippen LogP contribution in [0.4, 0.5) is 0 Å². The van der Waals surface area contributed by atoms with Gasteiger partial charge in [0.15, 0.2) is 0 Å². The van der Waals surface area contributed by atoms with Crippen LogP contribution >= 0.6 is 0 Å². The van der Waals surface area contributed by atoms with E-state index in [-0.39, 0.29) is 17.6 Å². The number of methoxy groups -OCH3 is 1. The second kappa shape index (κ2) is 8.05. The van der Waals surface area contributed by atoms with Crippen LogP contribution in [0.2, 0.25) is 0 Å². The van der Waals surface area contributed by atoms with Crippen molar-refractivity contribution in [2.24, 2.45) is 0 Å². The maximum Gasteiger partial charge on any atom is 0.324 e. The molecule has 1 unspecified atom stereocenters. The fourth-order valence-corrected chi connectivity index (χ4v) is 1.35. The van der Waals surface area contributed by atoms with Gasteiger partial charge in [0.25, 0.3) is 6.47 Å². The molecule has 6 nitrogen and oxygen atoms in total. The Kier molecular flexibility index (Phi) is 7.54. The molecule has 0 spiro atoms. The van der Waals surface area contributed by atoms with Gasteiger partial charge in [0, 0.05) is 19.6 Å². The van der Waals surface area contributed by atoms with E-state index in [1.54, 1.807) is 0 Å². The number of carbonyl (C=O) groups is 2. The topological polar surface area (TPSA) is 67.9 Å². The first kappa shape index (κ1) is 16.9. The Morgan fingerprint density at radius 3 is 2.39 bits per heavy atom. The van der Waals surface area contributed by atoms with Gasteiger partial charge in [0.1, 0.15) is 11.6 Å². The average Bonchev–Trinajstić information content (AvgIpc) is 2.28. The highest BCUT2D eigenvalue weighted by Crippen LogP contribution is 2.02. The summed E-state index contributed by atoms with van der Waals surface area (Å²) >= 11 is 0. The molecule has 0 bridgehead atoms. The summed E-state index contributed by atoms with van der Waals surface area (Å²) in [5.41, 5.74) is -0.318. The molecule has 0 aliphatic carbocycles. The molecule has 1 aliphatic rings. The minimum atomic E-state index is -0.318. The highest BCUT2D eigenvalue weighted by atomic mass is 16.5. The molecule has 0 amide bonds. The summed E-state index contributed by atoms with van der Waals surface area (Å²) in [7, 11) is 3.35. The zero-order valence-electron chi connectivity index (χ0n) is 11.9. The van der Waals surface area contributed by atoms with Crippen LogP contribution in [0, 0.1) is 0 Å². The van der Waals surface area contributed by atoms with Crippen LogP contribution in [0.5, 0.6) is 0 Å². The molecule has 1 saturated heterocycles. The summed E-state index contributed by atoms with van der Waals surface area (Å²) in [6, 6.07) is -0.103. The second-order valence-electron chi connectivity index (χ2n) is 5.05. The van der Waals surface area contributed by atoms with E-state index in [9.17, 15) is 9.59 Å². The zero-order valence-corrected chi connectivity index (χ0v) is 11.9. The van der Waals surface area contributed by atoms with Gasteiger partial charge in [-0.1, -0.05) is 0 Å². The van der Waals surface area contributed by atoms with Gasteiger partial charge >= 0.3 is 5.97 Å². The molecule has 0 aromatic carbocycles. The predicted molar refractivity (Wildman–Crippen MR) is 68.2 cm³/mol. The monoisotopic (exact) mass is 260 g/mol. The molecule has 1 rings (SSSR count). The molecule has 1 aliphatic heterocycles. The SMILES string of the molecule is CC(C)(C)OC=O.COC(=O)C1CNCCN1C. The van der Waals surface area contributed by atoms with E-state index < -0.39 is 0 Å². The summed E-state index contributed by atoms with van der Waals surface area (Å²) in [6.45, 7) is 8.47. The van der Waals surface area contributed by atoms with Crippen LogP contribution in [0.1, 0.15) is 20.8 Å². The number of ether oxygens (including phenoxy) is 2. The Morgan fingerprint density at radius 2 is 2.06 bits per heavy atom. The minimum absolute atomic E-state index is 0.103. The van der Waals surface area contributed by atoms with E-state index in [1.807, 2.05) is 32.7 Å². The maximum absolute atomic E-state index is 11.1. The Balaban J connectivity index is 0.000000360. The molecule has 1 atom stereocenters. The van der Waals surface area contributed by atoms with E-state index in [2.05, 4.69) is 14.8 Å². The number of piperazine rings is 1. The van der Waals surface area contributed by atoms with Gasteiger partial charge < -0.3 is 14.8 Å². The molecule has 0 saturated carbocycles. The molecule has 1 N–H and O–H groups in total. The Hall–Kier alpha value is -1.14. The van der Waals surface area contributed by atoms with Crippen LogP contribution in [0.25, 0.3) is 0 Å². The predicted octanol–water partition coefficient (Wildman–Crippen LogP) is 0.0209. The van der Waals surface area contributed by atoms with E-state index in [0.29, 0.717) is 13.0 Å². The molecular weight excluding hydrogens is 236 g/mol. The summed E-state index contributed by atoms with van der Waals surface area (Å²) in [5.74, 6) is -0.153. The van der Waals surface area contributed by atoms with Crippen molar-refractivity contribution < 1.29 is 19.1 Å². The van der Waals surface area contributed by atoms with Crippen LogP contribution in [-0.2, 0) is 19.1 Å². The van der Waals surface area contributed by atoms with Gasteiger partial charge in [0.2, 0.25) is 0 Å². The van der Waals surface area contributed by atoms with Crippen LogP contribution in [0.15, 0.2) is 0 Å². The van der Waals surface area contributed by atoms with Crippen molar-refractivity contribution in [1.29, 1.82) is 0 Å². The quantitative estimate of drug-likeness (QED) is 0.558. The van der Waals surface area contributed by atoms with E-state index in [4.69, 9.17) is 0 Å². The fourth-order valence-electron chi connectivity index (χ4n) is 1.35. The van der Waals surface area contributed by atoms with Crippen molar-refractivity contribution in [2.45, 2.75) is 32.4 Å². The molecule has 0 aromatic rings. The lowest BCUT2D eigenvalue weighted by molar-refractivity contribution is -0.147. The third kappa shape index (κ3) is 7.24. The number of likely N-dealkylation sites (N-methyl/N-ethyl adjacent to an activating group) is 1. The lowest BCUT2D eigenvalue weighted by Crippen LogP contribution is -2.53. The first-order valence-corrected chi connectivity index (χ1v) is 5.92. The molecular formula is C12H24N2O4. The maximum atomic E-state index is 11.1. The third-order valence-electron chi connectivity index (χ3n) is 2.39. The molecule has 18 heavy (non-hydrogen) atoms. The van der Waals surface area contributed by atoms with Gasteiger partial charge in [-0.2, -0.15) is 0 Å². The van der Waals surface area contributed by atoms with Crippen molar-refractivity contribution in [1.82, 2.24) is 10.2 Å². The van der Waals surface area contributed by atoms with E-state index in [1.165, 1.54) is 7.11 Å². The number of nitrogens with one attached hydrogen (secondary N) is 1. The first-order valence-electron chi connectivity index (χ1n) is 5.92. The van der Waals surface area contributed by atoms with Crippen LogP contribution < -0.4 is 5.32 Å². The van der Waals surface area contributed by atoms with Crippen molar-refractivity contribution in [3.05, 3.63) is 0 Å². The number of hydrogen-bond donors (Lipinski definition) is 1. The number of carbonyl (C=O) groups excluding carboxylic acids is 2. The van der Waals surface area contributed by atoms with Crippen LogP contribution in [0.3, 0.4) is 0 Å². The lowest BCUT2D eigenvalue weighted by atomic mass is 10.2. The van der Waals surface area contributed by atoms with E-state index >= 15 is 0 Å². The molecule has 0 aromatic heterocycles. The highest BCUT2D eigenvalue weighted by molar-refractivity contribution is 5.76. The largest absolute Gasteiger partial charge is 0.468 e. The number of nitrogens with zero attached hydrogens (tertiary/aromatic N) is 1. The minimum Gasteiger partial charge on any atom is -0.468 e. The smallest absolute Gasteiger partial charge is 0.324 e. The molecule has 106 valence electrons. The van der Waals surface area contributed by atoms with Gasteiger partial charge in [-0.15, -0.1) is 0 Å². The van der Waals surface area contributed by atoms with Crippen molar-refractivity contribution >= 4 is 12.4 Å². The number of hydrogen-bond acceptors (Lipinski definition) is 6. The Bertz CT molecular complexity index is 263. The van der Waals surface area contributed by atoms with Gasteiger partial charge in [-0.3, -0.25) is 14.5 Å². The molecule has 1 fully saturated rings. The van der Waals surface area contributed by atoms with Crippen molar-refractivity contribution in [2.75, 3.05) is 33.8 Å². The number of rotatable bonds is 2. The summed E-state index contributed by atoms with van der Waals surface area (Å²) < 4.78 is 9.19. The lowest BCUT2D eigenvalue weighted by Gasteiger charge is -2.30. The van der Waals surface area contributed by atoms with Gasteiger partial charge in [0.05, 0.1) is 7.11 Å². The summed E-state index contributed by atoms with van der Waals surface area (Å²) in [4.78, 5) is 22.7. The van der Waals surface area contributed by atoms with Crippen LogP contribution in [-0.4, -0.2) is 62.8 Å². The average molecular weight is 260 g/mol. The highest BCUT2D eigenvalue weighted by Gasteiger charge is 2.25. The van der Waals surface area contributed by atoms with Crippen molar-refractivity contribution in [3.63, 3.8) is 0 Å². The van der Waals surface area contributed by atoms with Gasteiger partial charge in [-0.25, -0.2) is 0 Å².